The van der Waals surface area contributed by atoms with Gasteiger partial charge in [-0.05, 0) is 19.9 Å². The topological polar surface area (TPSA) is 260 Å². The number of amides is 1. The maximum atomic E-state index is 14.4. The van der Waals surface area contributed by atoms with Gasteiger partial charge in [-0.2, -0.15) is 0 Å². The predicted octanol–water partition coefficient (Wildman–Crippen LogP) is 5.21. The van der Waals surface area contributed by atoms with Crippen molar-refractivity contribution < 1.29 is 73.6 Å². The van der Waals surface area contributed by atoms with Gasteiger partial charge in [0.25, 0.3) is 11.7 Å². The summed E-state index contributed by atoms with van der Waals surface area (Å²) in [6.45, 7) is 15.3. The molecule has 2 aromatic rings. The average molecular weight is 841 g/mol. The molecule has 2 aromatic carbocycles. The molecule has 0 fully saturated rings. The molecule has 0 spiro atoms. The number of methoxy groups -OCH3 is 1. The van der Waals surface area contributed by atoms with E-state index < -0.39 is 129 Å². The van der Waals surface area contributed by atoms with Gasteiger partial charge in [-0.15, -0.1) is 0 Å². The van der Waals surface area contributed by atoms with E-state index >= 15 is 0 Å². The Bertz CT molecular complexity index is 2120. The van der Waals surface area contributed by atoms with Crippen LogP contribution in [0.2, 0.25) is 0 Å². The number of fused-ring (bicyclic) bond motifs is 14. The van der Waals surface area contributed by atoms with E-state index in [0.29, 0.717) is 0 Å². The van der Waals surface area contributed by atoms with Gasteiger partial charge in [0.15, 0.2) is 5.75 Å². The van der Waals surface area contributed by atoms with Crippen molar-refractivity contribution in [2.45, 2.75) is 106 Å². The monoisotopic (exact) mass is 840 g/mol. The molecule has 7 N–H and O–H groups in total. The zero-order chi connectivity index (χ0) is 45.1. The number of carbonyl (C=O) groups excluding carboxylic acids is 3. The smallest absolute Gasteiger partial charge is 0.348 e. The number of hydrogen-bond acceptors (Lipinski definition) is 15. The molecule has 0 saturated carbocycles. The van der Waals surface area contributed by atoms with E-state index in [1.807, 2.05) is 0 Å². The molecule has 5 rings (SSSR count). The molecule has 17 nitrogen and oxygen atoms in total. The number of allylic oxidation sites excluding steroid dienone is 2. The summed E-state index contributed by atoms with van der Waals surface area (Å²) in [6, 6.07) is 0. The second-order valence-electron chi connectivity index (χ2n) is 16.0. The van der Waals surface area contributed by atoms with Gasteiger partial charge in [0.05, 0.1) is 53.0 Å². The van der Waals surface area contributed by atoms with E-state index in [9.17, 15) is 49.8 Å². The summed E-state index contributed by atoms with van der Waals surface area (Å²) in [4.78, 5) is 57.4. The number of phenols is 3. The highest BCUT2D eigenvalue weighted by Crippen LogP contribution is 2.55. The molecule has 10 unspecified atom stereocenters. The van der Waals surface area contributed by atoms with Crippen LogP contribution in [-0.4, -0.2) is 104 Å². The number of aliphatic hydroxyl groups excluding tert-OH is 2. The van der Waals surface area contributed by atoms with Crippen LogP contribution < -0.4 is 10.1 Å². The molecule has 0 aliphatic carbocycles. The largest absolute Gasteiger partial charge is 0.507 e. The van der Waals surface area contributed by atoms with Crippen molar-refractivity contribution in [2.75, 3.05) is 12.4 Å². The molecule has 0 radical (unpaired) electrons. The van der Waals surface area contributed by atoms with E-state index in [0.717, 1.165) is 12.5 Å². The zero-order valence-electron chi connectivity index (χ0n) is 35.5. The number of ether oxygens (including phenoxy) is 4. The highest BCUT2D eigenvalue weighted by atomic mass is 16.7. The first kappa shape index (κ1) is 47.0. The molecule has 0 saturated heterocycles. The number of anilines is 1. The Morgan fingerprint density at radius 2 is 1.60 bits per heavy atom. The van der Waals surface area contributed by atoms with Crippen molar-refractivity contribution in [2.24, 2.45) is 34.7 Å². The summed E-state index contributed by atoms with van der Waals surface area (Å²) in [6.07, 6.45) is 2.49. The fourth-order valence-corrected chi connectivity index (χ4v) is 7.47. The first-order chi connectivity index (χ1) is 28.0. The second kappa shape index (κ2) is 18.7. The van der Waals surface area contributed by atoms with Crippen LogP contribution in [0.1, 0.15) is 83.8 Å². The number of esters is 1. The molecule has 3 heterocycles. The van der Waals surface area contributed by atoms with Crippen LogP contribution in [0.3, 0.4) is 0 Å². The van der Waals surface area contributed by atoms with Crippen molar-refractivity contribution in [3.05, 3.63) is 52.8 Å². The van der Waals surface area contributed by atoms with E-state index in [1.54, 1.807) is 47.6 Å². The van der Waals surface area contributed by atoms with Crippen molar-refractivity contribution in [1.82, 2.24) is 0 Å². The van der Waals surface area contributed by atoms with Crippen molar-refractivity contribution in [3.63, 3.8) is 0 Å². The lowest BCUT2D eigenvalue weighted by molar-refractivity contribution is -0.160. The first-order valence-corrected chi connectivity index (χ1v) is 19.5. The van der Waals surface area contributed by atoms with E-state index in [1.165, 1.54) is 53.0 Å². The van der Waals surface area contributed by atoms with Gasteiger partial charge in [0.2, 0.25) is 6.10 Å². The first-order valence-electron chi connectivity index (χ1n) is 19.5. The van der Waals surface area contributed by atoms with Crippen molar-refractivity contribution >= 4 is 46.3 Å². The Morgan fingerprint density at radius 1 is 0.950 bits per heavy atom. The molecular formula is C43H56N2O15. The fraction of sp³-hybridized carbons (Fsp3) is 0.512. The van der Waals surface area contributed by atoms with Crippen molar-refractivity contribution in [3.8, 4) is 23.0 Å². The average Bonchev–Trinajstić information content (AvgIpc) is 3.45. The summed E-state index contributed by atoms with van der Waals surface area (Å²) < 4.78 is 23.4. The van der Waals surface area contributed by atoms with Gasteiger partial charge in [-0.3, -0.25) is 14.4 Å². The third-order valence-electron chi connectivity index (χ3n) is 11.2. The molecule has 0 aromatic heterocycles. The maximum absolute atomic E-state index is 14.4. The second-order valence-corrected chi connectivity index (χ2v) is 16.0. The van der Waals surface area contributed by atoms with Crippen LogP contribution in [0, 0.1) is 36.5 Å². The Labute approximate surface area is 347 Å². The number of rotatable bonds is 7. The highest BCUT2D eigenvalue weighted by Gasteiger charge is 2.50. The number of hydrogen-bond donors (Lipinski definition) is 7. The summed E-state index contributed by atoms with van der Waals surface area (Å²) >= 11 is 0. The molecular weight excluding hydrogens is 784 g/mol. The molecule has 3 aliphatic rings. The number of nitrogens with zero attached hydrogens (tertiary/aromatic N) is 1. The van der Waals surface area contributed by atoms with Gasteiger partial charge >= 0.3 is 17.7 Å². The number of aromatic hydroxyl groups is 3. The molecule has 60 heavy (non-hydrogen) atoms. The number of oxime groups is 1. The Hall–Kier alpha value is -5.65. The minimum absolute atomic E-state index is 0.0301. The molecule has 10 atom stereocenters. The molecule has 1 amide bonds. The number of phenolic OH excluding ortho intramolecular Hbond substituents is 3. The van der Waals surface area contributed by atoms with E-state index in [4.69, 9.17) is 23.8 Å². The van der Waals surface area contributed by atoms with Gasteiger partial charge in [0.1, 0.15) is 23.4 Å². The third-order valence-corrected chi connectivity index (χ3v) is 11.2. The number of nitrogens with one attached hydrogen (secondary N) is 1. The number of aliphatic carboxylic acids is 1. The Morgan fingerprint density at radius 3 is 2.18 bits per heavy atom. The Kier molecular flexibility index (Phi) is 14.7. The minimum Gasteiger partial charge on any atom is -0.507 e. The van der Waals surface area contributed by atoms with Gasteiger partial charge in [-0.25, -0.2) is 4.79 Å². The number of carboxylic acid groups (broad SMARTS) is 1. The minimum atomic E-state index is -2.13. The molecule has 328 valence electrons. The van der Waals surface area contributed by atoms with Crippen LogP contribution in [0.4, 0.5) is 5.69 Å². The van der Waals surface area contributed by atoms with Crippen molar-refractivity contribution in [1.29, 1.82) is 0 Å². The van der Waals surface area contributed by atoms with Gasteiger partial charge in [0, 0.05) is 67.1 Å². The number of carboxylic acids is 1. The SMILES string of the molecule is COC1C=COC2(C)Oc3c(C)c(O)c4c(O)c(c(C=NOC(C(=O)O)C(C)C)c(O)c4c3C2=O)NC(=O)C(C)=CC=CC(C)C(O)C(C)C(O)C(C)C(OC(C)=O)C1C. The lowest BCUT2D eigenvalue weighted by Gasteiger charge is -2.38. The highest BCUT2D eigenvalue weighted by molar-refractivity contribution is 6.23. The quantitative estimate of drug-likeness (QED) is 0.0620. The molecule has 17 heteroatoms. The van der Waals surface area contributed by atoms with Crippen LogP contribution in [0.25, 0.3) is 10.8 Å². The standard InChI is InChI=1S/C43H56N2O15/c1-18(2)37(42(54)55)60-44-17-26-31-36(51)29-28(35(26)50)30-39(24(8)34(29)49)59-43(10,40(30)52)57-16-15-27(56-11)21(5)38(58-25(9)46)23(7)33(48)22(6)32(47)19(3)13-12-14-20(4)41(53)45-31/h12-19,21-23,27,32-33,37-38,47-51H,1-11H3,(H,45,53)(H,54,55). The summed E-state index contributed by atoms with van der Waals surface area (Å²) in [5, 5.41) is 73.1. The summed E-state index contributed by atoms with van der Waals surface area (Å²) in [7, 11) is 1.40. The van der Waals surface area contributed by atoms with E-state index in [-0.39, 0.29) is 22.4 Å². The number of aliphatic hydroxyl groups is 2. The van der Waals surface area contributed by atoms with Crippen LogP contribution in [0.15, 0.2) is 41.3 Å². The number of benzene rings is 2. The predicted molar refractivity (Wildman–Crippen MR) is 219 cm³/mol. The third kappa shape index (κ3) is 9.22. The van der Waals surface area contributed by atoms with E-state index in [2.05, 4.69) is 10.5 Å². The van der Waals surface area contributed by atoms with Crippen LogP contribution >= 0.6 is 0 Å². The summed E-state index contributed by atoms with van der Waals surface area (Å²) in [5.41, 5.74) is -1.17. The number of Topliss-reactive ketones (excluding diaryl/α,β-unsaturated/α-hetero) is 1. The van der Waals surface area contributed by atoms with Gasteiger partial charge < -0.3 is 59.7 Å². The fourth-order valence-electron chi connectivity index (χ4n) is 7.47. The molecule has 5 bridgehead atoms. The molecule has 3 aliphatic heterocycles. The lowest BCUT2D eigenvalue weighted by atomic mass is 9.78. The Balaban J connectivity index is 1.99. The lowest BCUT2D eigenvalue weighted by Crippen LogP contribution is -2.46. The van der Waals surface area contributed by atoms with Crippen LogP contribution in [0.5, 0.6) is 23.0 Å². The number of carbonyl (C=O) groups is 4. The van der Waals surface area contributed by atoms with Crippen LogP contribution in [-0.2, 0) is 33.4 Å². The normalized spacial score (nSPS) is 28.4. The maximum Gasteiger partial charge on any atom is 0.348 e. The summed E-state index contributed by atoms with van der Waals surface area (Å²) in [5.74, 6) is -11.3. The zero-order valence-corrected chi connectivity index (χ0v) is 35.5. The number of ketones is 1. The van der Waals surface area contributed by atoms with Gasteiger partial charge in [-0.1, -0.05) is 64.9 Å².